The number of nitrogens with zero attached hydrogens (tertiary/aromatic N) is 1. The first kappa shape index (κ1) is 13.1. The van der Waals surface area contributed by atoms with Gasteiger partial charge in [-0.1, -0.05) is 42.5 Å². The van der Waals surface area contributed by atoms with Gasteiger partial charge in [0.2, 0.25) is 0 Å². The van der Waals surface area contributed by atoms with Crippen molar-refractivity contribution < 1.29 is 0 Å². The molecule has 3 nitrogen and oxygen atoms in total. The molecular formula is C16H19N3. The number of nitrogens with two attached hydrogens (primary N) is 1. The van der Waals surface area contributed by atoms with Crippen LogP contribution in [0.2, 0.25) is 0 Å². The molecule has 0 heterocycles. The zero-order valence-electron chi connectivity index (χ0n) is 11.4. The molecule has 0 spiro atoms. The fourth-order valence-corrected chi connectivity index (χ4v) is 2.32. The first-order chi connectivity index (χ1) is 9.09. The van der Waals surface area contributed by atoms with E-state index in [1.807, 2.05) is 50.4 Å². The Labute approximate surface area is 114 Å². The predicted molar refractivity (Wildman–Crippen MR) is 80.7 cm³/mol. The van der Waals surface area contributed by atoms with Crippen LogP contribution >= 0.6 is 0 Å². The summed E-state index contributed by atoms with van der Waals surface area (Å²) in [6.07, 6.45) is 0. The smallest absolute Gasteiger partial charge is 0.124 e. The summed E-state index contributed by atoms with van der Waals surface area (Å²) < 4.78 is 0. The van der Waals surface area contributed by atoms with Gasteiger partial charge in [0.25, 0.3) is 0 Å². The predicted octanol–water partition coefficient (Wildman–Crippen LogP) is 2.92. The Kier molecular flexibility index (Phi) is 3.85. The molecule has 0 unspecified atom stereocenters. The van der Waals surface area contributed by atoms with Crippen LogP contribution in [0.4, 0.5) is 5.69 Å². The summed E-state index contributed by atoms with van der Waals surface area (Å²) >= 11 is 0. The lowest BCUT2D eigenvalue weighted by Crippen LogP contribution is -2.23. The molecule has 0 amide bonds. The molecule has 2 aromatic rings. The van der Waals surface area contributed by atoms with Crippen LogP contribution in [0.15, 0.2) is 48.5 Å². The summed E-state index contributed by atoms with van der Waals surface area (Å²) in [7, 11) is 2.03. The van der Waals surface area contributed by atoms with Crippen LogP contribution in [-0.4, -0.2) is 12.9 Å². The maximum absolute atomic E-state index is 7.70. The number of hydrogen-bond donors (Lipinski definition) is 2. The van der Waals surface area contributed by atoms with E-state index >= 15 is 0 Å². The number of anilines is 1. The molecule has 0 bridgehead atoms. The molecular weight excluding hydrogens is 234 g/mol. The van der Waals surface area contributed by atoms with Crippen LogP contribution in [0, 0.1) is 12.3 Å². The molecule has 0 atom stereocenters. The maximum atomic E-state index is 7.70. The van der Waals surface area contributed by atoms with E-state index in [4.69, 9.17) is 11.1 Å². The molecule has 19 heavy (non-hydrogen) atoms. The van der Waals surface area contributed by atoms with Gasteiger partial charge in [-0.2, -0.15) is 0 Å². The van der Waals surface area contributed by atoms with E-state index in [0.29, 0.717) is 0 Å². The van der Waals surface area contributed by atoms with Gasteiger partial charge in [-0.25, -0.2) is 0 Å². The lowest BCUT2D eigenvalue weighted by molar-refractivity contribution is 0.915. The van der Waals surface area contributed by atoms with Crippen molar-refractivity contribution in [3.63, 3.8) is 0 Å². The van der Waals surface area contributed by atoms with Crippen LogP contribution in [0.1, 0.15) is 16.7 Å². The molecule has 3 N–H and O–H groups in total. The van der Waals surface area contributed by atoms with Crippen molar-refractivity contribution >= 4 is 11.5 Å². The summed E-state index contributed by atoms with van der Waals surface area (Å²) in [5.41, 5.74) is 9.86. The third-order valence-electron chi connectivity index (χ3n) is 3.17. The van der Waals surface area contributed by atoms with Crippen molar-refractivity contribution in [1.29, 1.82) is 5.41 Å². The largest absolute Gasteiger partial charge is 0.384 e. The van der Waals surface area contributed by atoms with Crippen molar-refractivity contribution in [1.82, 2.24) is 0 Å². The second kappa shape index (κ2) is 5.57. The minimum atomic E-state index is 0.110. The Morgan fingerprint density at radius 3 is 2.42 bits per heavy atom. The molecule has 2 aromatic carbocycles. The van der Waals surface area contributed by atoms with E-state index in [0.717, 1.165) is 23.4 Å². The van der Waals surface area contributed by atoms with Crippen molar-refractivity contribution in [3.8, 4) is 0 Å². The molecule has 0 aliphatic carbocycles. The molecule has 0 saturated carbocycles. The van der Waals surface area contributed by atoms with Gasteiger partial charge in [0.05, 0.1) is 5.69 Å². The standard InChI is InChI=1S/C16H19N3/c1-12-7-6-10-14(16(17)18)15(12)19(2)11-13-8-4-3-5-9-13/h3-10H,11H2,1-2H3,(H3,17,18). The summed E-state index contributed by atoms with van der Waals surface area (Å²) in [5, 5.41) is 7.70. The highest BCUT2D eigenvalue weighted by molar-refractivity contribution is 6.01. The molecule has 0 radical (unpaired) electrons. The third-order valence-corrected chi connectivity index (χ3v) is 3.17. The van der Waals surface area contributed by atoms with E-state index < -0.39 is 0 Å². The van der Waals surface area contributed by atoms with E-state index in [1.54, 1.807) is 0 Å². The van der Waals surface area contributed by atoms with Crippen LogP contribution in [0.5, 0.6) is 0 Å². The Balaban J connectivity index is 2.33. The molecule has 98 valence electrons. The van der Waals surface area contributed by atoms with Crippen LogP contribution < -0.4 is 10.6 Å². The maximum Gasteiger partial charge on any atom is 0.124 e. The SMILES string of the molecule is Cc1cccc(C(=N)N)c1N(C)Cc1ccccc1. The van der Waals surface area contributed by atoms with Crippen LogP contribution in [-0.2, 0) is 6.54 Å². The fourth-order valence-electron chi connectivity index (χ4n) is 2.32. The van der Waals surface area contributed by atoms with Crippen molar-refractivity contribution in [3.05, 3.63) is 65.2 Å². The highest BCUT2D eigenvalue weighted by atomic mass is 15.1. The van der Waals surface area contributed by atoms with Crippen LogP contribution in [0.3, 0.4) is 0 Å². The van der Waals surface area contributed by atoms with Crippen molar-refractivity contribution in [2.45, 2.75) is 13.5 Å². The lowest BCUT2D eigenvalue weighted by Gasteiger charge is -2.24. The third kappa shape index (κ3) is 2.94. The van der Waals surface area contributed by atoms with Gasteiger partial charge in [-0.15, -0.1) is 0 Å². The normalized spacial score (nSPS) is 10.2. The number of rotatable bonds is 4. The Morgan fingerprint density at radius 2 is 1.79 bits per heavy atom. The lowest BCUT2D eigenvalue weighted by atomic mass is 10.1. The quantitative estimate of drug-likeness (QED) is 0.650. The summed E-state index contributed by atoms with van der Waals surface area (Å²) in [4.78, 5) is 2.14. The molecule has 0 aromatic heterocycles. The van der Waals surface area contributed by atoms with Gasteiger partial charge in [0.15, 0.2) is 0 Å². The summed E-state index contributed by atoms with van der Waals surface area (Å²) in [6.45, 7) is 2.84. The minimum absolute atomic E-state index is 0.110. The van der Waals surface area contributed by atoms with Gasteiger partial charge in [-0.05, 0) is 24.1 Å². The Morgan fingerprint density at radius 1 is 1.11 bits per heavy atom. The number of hydrogen-bond acceptors (Lipinski definition) is 2. The molecule has 0 fully saturated rings. The highest BCUT2D eigenvalue weighted by Crippen LogP contribution is 2.25. The monoisotopic (exact) mass is 253 g/mol. The molecule has 3 heteroatoms. The zero-order valence-corrected chi connectivity index (χ0v) is 11.4. The minimum Gasteiger partial charge on any atom is -0.384 e. The number of benzene rings is 2. The van der Waals surface area contributed by atoms with Gasteiger partial charge < -0.3 is 10.6 Å². The Bertz CT molecular complexity index is 576. The number of aryl methyl sites for hydroxylation is 1. The van der Waals surface area contributed by atoms with Gasteiger partial charge in [0, 0.05) is 19.2 Å². The molecule has 0 aliphatic rings. The highest BCUT2D eigenvalue weighted by Gasteiger charge is 2.12. The topological polar surface area (TPSA) is 53.1 Å². The second-order valence-electron chi connectivity index (χ2n) is 4.73. The van der Waals surface area contributed by atoms with E-state index in [9.17, 15) is 0 Å². The molecule has 0 aliphatic heterocycles. The van der Waals surface area contributed by atoms with Gasteiger partial charge >= 0.3 is 0 Å². The van der Waals surface area contributed by atoms with Crippen molar-refractivity contribution in [2.24, 2.45) is 5.73 Å². The molecule has 2 rings (SSSR count). The second-order valence-corrected chi connectivity index (χ2v) is 4.73. The van der Waals surface area contributed by atoms with E-state index in [-0.39, 0.29) is 5.84 Å². The summed E-state index contributed by atoms with van der Waals surface area (Å²) in [6, 6.07) is 16.2. The average Bonchev–Trinajstić information content (AvgIpc) is 2.39. The van der Waals surface area contributed by atoms with E-state index in [1.165, 1.54) is 5.56 Å². The van der Waals surface area contributed by atoms with Crippen LogP contribution in [0.25, 0.3) is 0 Å². The van der Waals surface area contributed by atoms with Crippen molar-refractivity contribution in [2.75, 3.05) is 11.9 Å². The zero-order chi connectivity index (χ0) is 13.8. The number of nitrogens with one attached hydrogen (secondary N) is 1. The average molecular weight is 253 g/mol. The summed E-state index contributed by atoms with van der Waals surface area (Å²) in [5.74, 6) is 0.110. The van der Waals surface area contributed by atoms with E-state index in [2.05, 4.69) is 17.0 Å². The van der Waals surface area contributed by atoms with Gasteiger partial charge in [0.1, 0.15) is 5.84 Å². The first-order valence-corrected chi connectivity index (χ1v) is 6.28. The first-order valence-electron chi connectivity index (χ1n) is 6.28. The number of nitrogen functional groups attached to an aromatic ring is 1. The van der Waals surface area contributed by atoms with Gasteiger partial charge in [-0.3, -0.25) is 5.41 Å². The fraction of sp³-hybridized carbons (Fsp3) is 0.188. The number of para-hydroxylation sites is 1. The molecule has 0 saturated heterocycles. The number of amidine groups is 1. The Hall–Kier alpha value is -2.29.